The average Bonchev–Trinajstić information content (AvgIpc) is 2.43. The average molecular weight is 244 g/mol. The summed E-state index contributed by atoms with van der Waals surface area (Å²) in [6.07, 6.45) is 3.45. The van der Waals surface area contributed by atoms with E-state index in [2.05, 4.69) is 46.6 Å². The maximum absolute atomic E-state index is 4.33. The van der Waals surface area contributed by atoms with Crippen molar-refractivity contribution in [1.29, 1.82) is 0 Å². The lowest BCUT2D eigenvalue weighted by Crippen LogP contribution is -2.35. The van der Waals surface area contributed by atoms with Gasteiger partial charge in [-0.3, -0.25) is 9.97 Å². The fraction of sp³-hybridized carbons (Fsp3) is 0.429. The second kappa shape index (κ2) is 5.89. The van der Waals surface area contributed by atoms with E-state index in [1.807, 2.05) is 13.1 Å². The number of aromatic nitrogens is 2. The molecule has 0 aliphatic rings. The van der Waals surface area contributed by atoms with Crippen molar-refractivity contribution in [3.8, 4) is 0 Å². The molecule has 4 nitrogen and oxygen atoms in total. The van der Waals surface area contributed by atoms with Crippen molar-refractivity contribution >= 4 is 11.0 Å². The molecule has 2 rings (SSSR count). The van der Waals surface area contributed by atoms with Gasteiger partial charge in [0.05, 0.1) is 11.0 Å². The van der Waals surface area contributed by atoms with Crippen LogP contribution in [0.2, 0.25) is 0 Å². The largest absolute Gasteiger partial charge is 0.316 e. The molecule has 0 saturated heterocycles. The van der Waals surface area contributed by atoms with Crippen LogP contribution in [0.3, 0.4) is 0 Å². The van der Waals surface area contributed by atoms with Gasteiger partial charge in [0.2, 0.25) is 0 Å². The standard InChI is InChI=1S/C14H20N4/c1-10(15-3)9-18-11(2)12-4-5-13-14(8-12)17-7-6-16-13/h4-8,10-11,15,18H,9H2,1-3H3. The van der Waals surface area contributed by atoms with Crippen molar-refractivity contribution in [2.45, 2.75) is 25.9 Å². The van der Waals surface area contributed by atoms with Crippen LogP contribution >= 0.6 is 0 Å². The highest BCUT2D eigenvalue weighted by molar-refractivity contribution is 5.74. The number of rotatable bonds is 5. The molecule has 2 aromatic rings. The summed E-state index contributed by atoms with van der Waals surface area (Å²) in [4.78, 5) is 8.61. The molecule has 0 radical (unpaired) electrons. The normalized spacial score (nSPS) is 14.6. The van der Waals surface area contributed by atoms with Gasteiger partial charge in [0.1, 0.15) is 0 Å². The number of benzene rings is 1. The summed E-state index contributed by atoms with van der Waals surface area (Å²) in [5.41, 5.74) is 3.13. The molecule has 0 bridgehead atoms. The SMILES string of the molecule is CNC(C)CNC(C)c1ccc2nccnc2c1. The molecule has 2 unspecified atom stereocenters. The molecule has 0 amide bonds. The van der Waals surface area contributed by atoms with Crippen LogP contribution in [-0.2, 0) is 0 Å². The van der Waals surface area contributed by atoms with Gasteiger partial charge in [-0.15, -0.1) is 0 Å². The first-order valence-corrected chi connectivity index (χ1v) is 6.32. The smallest absolute Gasteiger partial charge is 0.0890 e. The number of likely N-dealkylation sites (N-methyl/N-ethyl adjacent to an activating group) is 1. The lowest BCUT2D eigenvalue weighted by molar-refractivity contribution is 0.494. The summed E-state index contributed by atoms with van der Waals surface area (Å²) in [7, 11) is 1.97. The molecule has 0 aliphatic heterocycles. The number of fused-ring (bicyclic) bond motifs is 1. The minimum absolute atomic E-state index is 0.312. The van der Waals surface area contributed by atoms with Crippen LogP contribution in [0.4, 0.5) is 0 Å². The van der Waals surface area contributed by atoms with E-state index in [0.717, 1.165) is 17.6 Å². The van der Waals surface area contributed by atoms with Gasteiger partial charge in [-0.25, -0.2) is 0 Å². The molecule has 1 heterocycles. The monoisotopic (exact) mass is 244 g/mol. The Morgan fingerprint density at radius 3 is 2.56 bits per heavy atom. The third-order valence-electron chi connectivity index (χ3n) is 3.22. The zero-order valence-electron chi connectivity index (χ0n) is 11.1. The van der Waals surface area contributed by atoms with Crippen LogP contribution in [-0.4, -0.2) is 29.6 Å². The highest BCUT2D eigenvalue weighted by Crippen LogP contribution is 2.17. The van der Waals surface area contributed by atoms with Crippen molar-refractivity contribution in [3.05, 3.63) is 36.2 Å². The van der Waals surface area contributed by atoms with Gasteiger partial charge in [0.25, 0.3) is 0 Å². The van der Waals surface area contributed by atoms with Gasteiger partial charge in [-0.05, 0) is 38.6 Å². The fourth-order valence-electron chi connectivity index (χ4n) is 1.82. The Bertz CT molecular complexity index is 512. The third kappa shape index (κ3) is 3.03. The van der Waals surface area contributed by atoms with Crippen LogP contribution in [0.5, 0.6) is 0 Å². The van der Waals surface area contributed by atoms with E-state index >= 15 is 0 Å². The molecular formula is C14H20N4. The zero-order valence-corrected chi connectivity index (χ0v) is 11.1. The molecule has 2 atom stereocenters. The van der Waals surface area contributed by atoms with Crippen molar-refractivity contribution < 1.29 is 0 Å². The number of nitrogens with one attached hydrogen (secondary N) is 2. The topological polar surface area (TPSA) is 49.8 Å². The Balaban J connectivity index is 2.10. The van der Waals surface area contributed by atoms with Gasteiger partial charge < -0.3 is 10.6 Å². The van der Waals surface area contributed by atoms with E-state index in [4.69, 9.17) is 0 Å². The predicted octanol–water partition coefficient (Wildman–Crippen LogP) is 1.89. The van der Waals surface area contributed by atoms with E-state index in [0.29, 0.717) is 12.1 Å². The summed E-state index contributed by atoms with van der Waals surface area (Å²) in [6.45, 7) is 5.27. The maximum Gasteiger partial charge on any atom is 0.0890 e. The van der Waals surface area contributed by atoms with Crippen molar-refractivity contribution in [3.63, 3.8) is 0 Å². The highest BCUT2D eigenvalue weighted by atomic mass is 15.0. The van der Waals surface area contributed by atoms with Gasteiger partial charge in [0.15, 0.2) is 0 Å². The van der Waals surface area contributed by atoms with Gasteiger partial charge in [0, 0.05) is 31.0 Å². The molecule has 96 valence electrons. The highest BCUT2D eigenvalue weighted by Gasteiger charge is 2.07. The number of hydrogen-bond acceptors (Lipinski definition) is 4. The second-order valence-corrected chi connectivity index (χ2v) is 4.62. The third-order valence-corrected chi connectivity index (χ3v) is 3.22. The predicted molar refractivity (Wildman–Crippen MR) is 74.5 cm³/mol. The Kier molecular flexibility index (Phi) is 4.23. The summed E-state index contributed by atoms with van der Waals surface area (Å²) >= 11 is 0. The van der Waals surface area contributed by atoms with Crippen LogP contribution in [0, 0.1) is 0 Å². The summed E-state index contributed by atoms with van der Waals surface area (Å²) in [6, 6.07) is 7.01. The Morgan fingerprint density at radius 1 is 1.11 bits per heavy atom. The van der Waals surface area contributed by atoms with Crippen molar-refractivity contribution in [2.75, 3.05) is 13.6 Å². The molecule has 1 aromatic carbocycles. The second-order valence-electron chi connectivity index (χ2n) is 4.62. The van der Waals surface area contributed by atoms with E-state index in [1.165, 1.54) is 5.56 Å². The van der Waals surface area contributed by atoms with Crippen LogP contribution < -0.4 is 10.6 Å². The molecule has 0 fully saturated rings. The zero-order chi connectivity index (χ0) is 13.0. The minimum atomic E-state index is 0.312. The fourth-order valence-corrected chi connectivity index (χ4v) is 1.82. The molecule has 0 spiro atoms. The Labute approximate surface area is 108 Å². The minimum Gasteiger partial charge on any atom is -0.316 e. The molecule has 4 heteroatoms. The van der Waals surface area contributed by atoms with E-state index in [9.17, 15) is 0 Å². The summed E-state index contributed by atoms with van der Waals surface area (Å²) in [5, 5.41) is 6.72. The molecule has 2 N–H and O–H groups in total. The van der Waals surface area contributed by atoms with Crippen LogP contribution in [0.15, 0.2) is 30.6 Å². The van der Waals surface area contributed by atoms with Gasteiger partial charge in [-0.2, -0.15) is 0 Å². The van der Waals surface area contributed by atoms with Crippen molar-refractivity contribution in [2.24, 2.45) is 0 Å². The molecule has 0 aliphatic carbocycles. The molecule has 18 heavy (non-hydrogen) atoms. The molecule has 1 aromatic heterocycles. The van der Waals surface area contributed by atoms with Gasteiger partial charge in [-0.1, -0.05) is 6.07 Å². The lowest BCUT2D eigenvalue weighted by Gasteiger charge is -2.18. The number of hydrogen-bond donors (Lipinski definition) is 2. The quantitative estimate of drug-likeness (QED) is 0.843. The van der Waals surface area contributed by atoms with E-state index in [1.54, 1.807) is 12.4 Å². The summed E-state index contributed by atoms with van der Waals surface area (Å²) < 4.78 is 0. The first-order chi connectivity index (χ1) is 8.70. The lowest BCUT2D eigenvalue weighted by atomic mass is 10.1. The first kappa shape index (κ1) is 12.9. The Morgan fingerprint density at radius 2 is 1.83 bits per heavy atom. The molecular weight excluding hydrogens is 224 g/mol. The van der Waals surface area contributed by atoms with Gasteiger partial charge >= 0.3 is 0 Å². The number of nitrogens with zero attached hydrogens (tertiary/aromatic N) is 2. The van der Waals surface area contributed by atoms with E-state index < -0.39 is 0 Å². The van der Waals surface area contributed by atoms with Crippen molar-refractivity contribution in [1.82, 2.24) is 20.6 Å². The van der Waals surface area contributed by atoms with Crippen LogP contribution in [0.25, 0.3) is 11.0 Å². The maximum atomic E-state index is 4.33. The summed E-state index contributed by atoms with van der Waals surface area (Å²) in [5.74, 6) is 0. The van der Waals surface area contributed by atoms with Crippen LogP contribution in [0.1, 0.15) is 25.5 Å². The first-order valence-electron chi connectivity index (χ1n) is 6.32. The van der Waals surface area contributed by atoms with E-state index in [-0.39, 0.29) is 0 Å². The molecule has 0 saturated carbocycles. The Hall–Kier alpha value is -1.52.